The third-order valence-electron chi connectivity index (χ3n) is 3.44. The number of para-hydroxylation sites is 1. The van der Waals surface area contributed by atoms with E-state index in [1.165, 1.54) is 7.11 Å². The van der Waals surface area contributed by atoms with E-state index in [4.69, 9.17) is 21.7 Å². The third kappa shape index (κ3) is 3.22. The van der Waals surface area contributed by atoms with Crippen LogP contribution in [0.3, 0.4) is 0 Å². The number of rotatable bonds is 5. The molecule has 6 heteroatoms. The summed E-state index contributed by atoms with van der Waals surface area (Å²) in [6.07, 6.45) is 0.652. The first-order chi connectivity index (χ1) is 10.6. The Labute approximate surface area is 135 Å². The van der Waals surface area contributed by atoms with Crippen molar-refractivity contribution in [2.45, 2.75) is 26.3 Å². The van der Waals surface area contributed by atoms with Gasteiger partial charge in [-0.1, -0.05) is 25.1 Å². The van der Waals surface area contributed by atoms with E-state index in [0.29, 0.717) is 23.7 Å². The minimum absolute atomic E-state index is 0.379. The summed E-state index contributed by atoms with van der Waals surface area (Å²) in [6.45, 7) is 4.43. The number of benzene rings is 1. The number of esters is 1. The lowest BCUT2D eigenvalue weighted by atomic mass is 9.94. The largest absolute Gasteiger partial charge is 0.494 e. The van der Waals surface area contributed by atoms with Crippen LogP contribution in [0.2, 0.25) is 0 Å². The van der Waals surface area contributed by atoms with E-state index < -0.39 is 0 Å². The summed E-state index contributed by atoms with van der Waals surface area (Å²) in [5, 5.41) is 6.67. The highest BCUT2D eigenvalue weighted by atomic mass is 32.1. The summed E-state index contributed by atoms with van der Waals surface area (Å²) in [7, 11) is 1.38. The summed E-state index contributed by atoms with van der Waals surface area (Å²) in [4.78, 5) is 12.3. The van der Waals surface area contributed by atoms with Crippen LogP contribution < -0.4 is 15.4 Å². The second-order valence-electron chi connectivity index (χ2n) is 4.74. The molecule has 0 spiro atoms. The minimum Gasteiger partial charge on any atom is -0.494 e. The summed E-state index contributed by atoms with van der Waals surface area (Å²) in [5.41, 5.74) is 2.16. The zero-order valence-electron chi connectivity index (χ0n) is 12.9. The van der Waals surface area contributed by atoms with E-state index in [1.807, 2.05) is 38.1 Å². The Morgan fingerprint density at radius 1 is 1.32 bits per heavy atom. The number of hydrogen-bond donors (Lipinski definition) is 2. The highest BCUT2D eigenvalue weighted by Gasteiger charge is 2.33. The molecule has 118 valence electrons. The van der Waals surface area contributed by atoms with Crippen LogP contribution in [0.5, 0.6) is 5.75 Å². The molecule has 1 aliphatic rings. The van der Waals surface area contributed by atoms with Gasteiger partial charge in [0.2, 0.25) is 0 Å². The molecule has 1 unspecified atom stereocenters. The molecular formula is C16H20N2O3S. The van der Waals surface area contributed by atoms with Gasteiger partial charge in [-0.25, -0.2) is 4.79 Å². The number of ether oxygens (including phenoxy) is 2. The molecule has 1 atom stereocenters. The zero-order valence-corrected chi connectivity index (χ0v) is 13.8. The van der Waals surface area contributed by atoms with Crippen LogP contribution in [-0.4, -0.2) is 24.8 Å². The van der Waals surface area contributed by atoms with Gasteiger partial charge >= 0.3 is 5.97 Å². The lowest BCUT2D eigenvalue weighted by molar-refractivity contribution is -0.136. The lowest BCUT2D eigenvalue weighted by Gasteiger charge is -2.31. The van der Waals surface area contributed by atoms with E-state index in [2.05, 4.69) is 10.6 Å². The van der Waals surface area contributed by atoms with Gasteiger partial charge in [0.25, 0.3) is 0 Å². The quantitative estimate of drug-likeness (QED) is 0.642. The van der Waals surface area contributed by atoms with Crippen LogP contribution >= 0.6 is 12.2 Å². The number of carbonyl (C=O) groups excluding carboxylic acids is 1. The molecule has 0 fully saturated rings. The van der Waals surface area contributed by atoms with Gasteiger partial charge in [0.05, 0.1) is 25.3 Å². The molecule has 2 rings (SSSR count). The van der Waals surface area contributed by atoms with E-state index in [0.717, 1.165) is 17.0 Å². The van der Waals surface area contributed by atoms with Gasteiger partial charge < -0.3 is 20.1 Å². The second kappa shape index (κ2) is 7.26. The van der Waals surface area contributed by atoms with E-state index >= 15 is 0 Å². The predicted molar refractivity (Wildman–Crippen MR) is 88.6 cm³/mol. The molecular weight excluding hydrogens is 300 g/mol. The van der Waals surface area contributed by atoms with E-state index in [-0.39, 0.29) is 12.0 Å². The second-order valence-corrected chi connectivity index (χ2v) is 5.15. The molecule has 2 N–H and O–H groups in total. The number of methoxy groups -OCH3 is 1. The van der Waals surface area contributed by atoms with Gasteiger partial charge in [-0.15, -0.1) is 0 Å². The van der Waals surface area contributed by atoms with Crippen LogP contribution in [-0.2, 0) is 9.53 Å². The molecule has 0 saturated heterocycles. The van der Waals surface area contributed by atoms with Crippen molar-refractivity contribution in [1.82, 2.24) is 10.6 Å². The van der Waals surface area contributed by atoms with Gasteiger partial charge in [-0.2, -0.15) is 0 Å². The monoisotopic (exact) mass is 320 g/mol. The molecule has 0 aromatic heterocycles. The molecule has 1 aromatic carbocycles. The Kier molecular flexibility index (Phi) is 5.38. The van der Waals surface area contributed by atoms with Crippen LogP contribution in [0.25, 0.3) is 0 Å². The van der Waals surface area contributed by atoms with Crippen molar-refractivity contribution in [2.24, 2.45) is 0 Å². The first kappa shape index (κ1) is 16.3. The van der Waals surface area contributed by atoms with Crippen molar-refractivity contribution in [3.63, 3.8) is 0 Å². The molecule has 1 aromatic rings. The molecule has 0 radical (unpaired) electrons. The van der Waals surface area contributed by atoms with Gasteiger partial charge in [0.1, 0.15) is 5.75 Å². The number of nitrogens with one attached hydrogen (secondary N) is 2. The van der Waals surface area contributed by atoms with Crippen LogP contribution in [0.1, 0.15) is 31.9 Å². The molecule has 0 bridgehead atoms. The summed E-state index contributed by atoms with van der Waals surface area (Å²) in [6, 6.07) is 7.22. The number of thiocarbonyl (C=S) groups is 1. The summed E-state index contributed by atoms with van der Waals surface area (Å²) >= 11 is 5.26. The fraction of sp³-hybridized carbons (Fsp3) is 0.375. The SMILES string of the molecule is CCOc1ccccc1C1NC(=S)NC(CC)=C1C(=O)OC. The first-order valence-corrected chi connectivity index (χ1v) is 7.63. The maximum Gasteiger partial charge on any atom is 0.337 e. The molecule has 5 nitrogen and oxygen atoms in total. The summed E-state index contributed by atoms with van der Waals surface area (Å²) < 4.78 is 10.6. The van der Waals surface area contributed by atoms with Gasteiger partial charge in [-0.3, -0.25) is 0 Å². The molecule has 0 amide bonds. The Morgan fingerprint density at radius 2 is 2.05 bits per heavy atom. The van der Waals surface area contributed by atoms with Gasteiger partial charge in [0.15, 0.2) is 5.11 Å². The molecule has 1 aliphatic heterocycles. The van der Waals surface area contributed by atoms with Crippen LogP contribution in [0.15, 0.2) is 35.5 Å². The number of allylic oxidation sites excluding steroid dienone is 1. The van der Waals surface area contributed by atoms with Gasteiger partial charge in [-0.05, 0) is 31.6 Å². The van der Waals surface area contributed by atoms with Crippen molar-refractivity contribution >= 4 is 23.3 Å². The molecule has 1 heterocycles. The van der Waals surface area contributed by atoms with Gasteiger partial charge in [0, 0.05) is 11.3 Å². The maximum absolute atomic E-state index is 12.3. The number of hydrogen-bond acceptors (Lipinski definition) is 4. The molecule has 22 heavy (non-hydrogen) atoms. The van der Waals surface area contributed by atoms with E-state index in [9.17, 15) is 4.79 Å². The average Bonchev–Trinajstić information content (AvgIpc) is 2.54. The third-order valence-corrected chi connectivity index (χ3v) is 3.66. The molecule has 0 aliphatic carbocycles. The highest BCUT2D eigenvalue weighted by Crippen LogP contribution is 2.34. The Hall–Kier alpha value is -2.08. The smallest absolute Gasteiger partial charge is 0.337 e. The van der Waals surface area contributed by atoms with Crippen LogP contribution in [0.4, 0.5) is 0 Å². The van der Waals surface area contributed by atoms with Crippen molar-refractivity contribution in [2.75, 3.05) is 13.7 Å². The number of carbonyl (C=O) groups is 1. The lowest BCUT2D eigenvalue weighted by Crippen LogP contribution is -2.45. The van der Waals surface area contributed by atoms with Crippen molar-refractivity contribution < 1.29 is 14.3 Å². The van der Waals surface area contributed by atoms with Crippen molar-refractivity contribution in [3.05, 3.63) is 41.1 Å². The van der Waals surface area contributed by atoms with Crippen LogP contribution in [0, 0.1) is 0 Å². The van der Waals surface area contributed by atoms with E-state index in [1.54, 1.807) is 0 Å². The first-order valence-electron chi connectivity index (χ1n) is 7.22. The zero-order chi connectivity index (χ0) is 16.1. The van der Waals surface area contributed by atoms with Crippen molar-refractivity contribution in [3.8, 4) is 5.75 Å². The Bertz CT molecular complexity index is 613. The maximum atomic E-state index is 12.3. The Morgan fingerprint density at radius 3 is 2.68 bits per heavy atom. The summed E-state index contributed by atoms with van der Waals surface area (Å²) in [5.74, 6) is 0.347. The normalized spacial score (nSPS) is 17.6. The highest BCUT2D eigenvalue weighted by molar-refractivity contribution is 7.80. The average molecular weight is 320 g/mol. The van der Waals surface area contributed by atoms with Crippen molar-refractivity contribution in [1.29, 1.82) is 0 Å². The minimum atomic E-state index is -0.390. The predicted octanol–water partition coefficient (Wildman–Crippen LogP) is 2.44. The topological polar surface area (TPSA) is 59.6 Å². The fourth-order valence-electron chi connectivity index (χ4n) is 2.49. The standard InChI is InChI=1S/C16H20N2O3S/c1-4-11-13(15(19)20-3)14(18-16(22)17-11)10-8-6-7-9-12(10)21-5-2/h6-9,14H,4-5H2,1-3H3,(H2,17,18,22). The Balaban J connectivity index is 2.55. The molecule has 0 saturated carbocycles. The fourth-order valence-corrected chi connectivity index (χ4v) is 2.73.